The smallest absolute Gasteiger partial charge is 0.356 e. The van der Waals surface area contributed by atoms with E-state index in [1.165, 1.54) is 12.5 Å². The summed E-state index contributed by atoms with van der Waals surface area (Å²) in [5.74, 6) is -1.08. The van der Waals surface area contributed by atoms with Crippen LogP contribution in [0, 0.1) is 0 Å². The van der Waals surface area contributed by atoms with E-state index in [1.807, 2.05) is 0 Å². The van der Waals surface area contributed by atoms with Crippen LogP contribution >= 0.6 is 0 Å². The number of aromatic carboxylic acids is 1. The van der Waals surface area contributed by atoms with Crippen molar-refractivity contribution in [3.63, 3.8) is 0 Å². The SMILES string of the molecule is O=C(O)c1cn(CCNC(=O)N2CCC(O)C2)cn1. The van der Waals surface area contributed by atoms with Crippen molar-refractivity contribution >= 4 is 12.0 Å². The van der Waals surface area contributed by atoms with Crippen molar-refractivity contribution in [3.8, 4) is 0 Å². The minimum Gasteiger partial charge on any atom is -0.476 e. The molecular formula is C11H16N4O4. The third-order valence-electron chi connectivity index (χ3n) is 2.95. The number of amides is 2. The first-order valence-corrected chi connectivity index (χ1v) is 6.02. The van der Waals surface area contributed by atoms with Crippen molar-refractivity contribution in [1.29, 1.82) is 0 Å². The molecule has 1 fully saturated rings. The van der Waals surface area contributed by atoms with Gasteiger partial charge in [-0.15, -0.1) is 0 Å². The molecule has 0 spiro atoms. The molecule has 0 aromatic carbocycles. The zero-order chi connectivity index (χ0) is 13.8. The molecule has 1 aliphatic heterocycles. The van der Waals surface area contributed by atoms with E-state index in [1.54, 1.807) is 9.47 Å². The quantitative estimate of drug-likeness (QED) is 0.673. The number of aliphatic hydroxyl groups is 1. The Labute approximate surface area is 109 Å². The van der Waals surface area contributed by atoms with Gasteiger partial charge in [0.15, 0.2) is 5.69 Å². The zero-order valence-corrected chi connectivity index (χ0v) is 10.3. The Morgan fingerprint density at radius 2 is 2.32 bits per heavy atom. The van der Waals surface area contributed by atoms with Crippen LogP contribution in [0.5, 0.6) is 0 Å². The molecule has 2 heterocycles. The number of nitrogens with zero attached hydrogens (tertiary/aromatic N) is 3. The predicted molar refractivity (Wildman–Crippen MR) is 64.8 cm³/mol. The first-order valence-electron chi connectivity index (χ1n) is 6.02. The first kappa shape index (κ1) is 13.3. The molecule has 1 saturated heterocycles. The summed E-state index contributed by atoms with van der Waals surface area (Å²) >= 11 is 0. The molecule has 1 aromatic rings. The fourth-order valence-electron chi connectivity index (χ4n) is 1.92. The summed E-state index contributed by atoms with van der Waals surface area (Å²) in [5, 5.41) is 20.7. The maximum atomic E-state index is 11.7. The Hall–Kier alpha value is -2.09. The lowest BCUT2D eigenvalue weighted by Gasteiger charge is -2.16. The number of urea groups is 1. The van der Waals surface area contributed by atoms with Crippen LogP contribution in [0.1, 0.15) is 16.9 Å². The largest absolute Gasteiger partial charge is 0.476 e. The average molecular weight is 268 g/mol. The second kappa shape index (κ2) is 5.70. The molecule has 0 aliphatic carbocycles. The molecule has 2 amide bonds. The number of carboxylic acid groups (broad SMARTS) is 1. The normalized spacial score (nSPS) is 18.6. The Balaban J connectivity index is 1.73. The summed E-state index contributed by atoms with van der Waals surface area (Å²) in [6.07, 6.45) is 3.00. The van der Waals surface area contributed by atoms with Gasteiger partial charge in [0.1, 0.15) is 0 Å². The van der Waals surface area contributed by atoms with Gasteiger partial charge >= 0.3 is 12.0 Å². The Morgan fingerprint density at radius 1 is 1.53 bits per heavy atom. The minimum absolute atomic E-state index is 0.0195. The Kier molecular flexibility index (Phi) is 4.00. The van der Waals surface area contributed by atoms with Gasteiger partial charge in [-0.05, 0) is 6.42 Å². The Morgan fingerprint density at radius 3 is 2.89 bits per heavy atom. The van der Waals surface area contributed by atoms with Gasteiger partial charge in [-0.3, -0.25) is 0 Å². The van der Waals surface area contributed by atoms with Crippen LogP contribution in [0.15, 0.2) is 12.5 Å². The van der Waals surface area contributed by atoms with Crippen LogP contribution in [0.25, 0.3) is 0 Å². The van der Waals surface area contributed by atoms with Gasteiger partial charge in [0, 0.05) is 32.4 Å². The number of nitrogens with one attached hydrogen (secondary N) is 1. The van der Waals surface area contributed by atoms with Crippen LogP contribution in [-0.4, -0.2) is 62.4 Å². The van der Waals surface area contributed by atoms with Gasteiger partial charge in [0.2, 0.25) is 0 Å². The number of rotatable bonds is 4. The van der Waals surface area contributed by atoms with Crippen molar-refractivity contribution in [3.05, 3.63) is 18.2 Å². The van der Waals surface area contributed by atoms with E-state index >= 15 is 0 Å². The molecule has 104 valence electrons. The number of aliphatic hydroxyl groups excluding tert-OH is 1. The van der Waals surface area contributed by atoms with Crippen LogP contribution < -0.4 is 5.32 Å². The molecular weight excluding hydrogens is 252 g/mol. The van der Waals surface area contributed by atoms with Crippen molar-refractivity contribution in [1.82, 2.24) is 19.8 Å². The van der Waals surface area contributed by atoms with Gasteiger partial charge in [0.25, 0.3) is 0 Å². The van der Waals surface area contributed by atoms with Gasteiger partial charge in [-0.1, -0.05) is 0 Å². The van der Waals surface area contributed by atoms with E-state index in [0.717, 1.165) is 0 Å². The summed E-state index contributed by atoms with van der Waals surface area (Å²) in [6.45, 7) is 1.74. The third-order valence-corrected chi connectivity index (χ3v) is 2.95. The minimum atomic E-state index is -1.08. The predicted octanol–water partition coefficient (Wildman–Crippen LogP) is -0.643. The van der Waals surface area contributed by atoms with Gasteiger partial charge in [-0.25, -0.2) is 14.6 Å². The molecule has 8 nitrogen and oxygen atoms in total. The highest BCUT2D eigenvalue weighted by atomic mass is 16.4. The molecule has 1 aromatic heterocycles. The number of hydrogen-bond donors (Lipinski definition) is 3. The van der Waals surface area contributed by atoms with E-state index in [9.17, 15) is 14.7 Å². The highest BCUT2D eigenvalue weighted by molar-refractivity contribution is 5.84. The molecule has 8 heteroatoms. The third kappa shape index (κ3) is 3.44. The Bertz CT molecular complexity index is 473. The molecule has 3 N–H and O–H groups in total. The maximum Gasteiger partial charge on any atom is 0.356 e. The van der Waals surface area contributed by atoms with E-state index in [2.05, 4.69) is 10.3 Å². The van der Waals surface area contributed by atoms with Crippen molar-refractivity contribution in [2.75, 3.05) is 19.6 Å². The lowest BCUT2D eigenvalue weighted by atomic mass is 10.3. The van der Waals surface area contributed by atoms with E-state index in [-0.39, 0.29) is 11.7 Å². The monoisotopic (exact) mass is 268 g/mol. The van der Waals surface area contributed by atoms with Gasteiger partial charge in [0.05, 0.1) is 12.4 Å². The summed E-state index contributed by atoms with van der Waals surface area (Å²) in [7, 11) is 0. The standard InChI is InChI=1S/C11H16N4O4/c16-8-1-3-15(5-8)11(19)12-2-4-14-6-9(10(17)18)13-7-14/h6-8,16H,1-5H2,(H,12,19)(H,17,18). The van der Waals surface area contributed by atoms with Gasteiger partial charge in [-0.2, -0.15) is 0 Å². The molecule has 1 aliphatic rings. The van der Waals surface area contributed by atoms with E-state index in [4.69, 9.17) is 5.11 Å². The van der Waals surface area contributed by atoms with Crippen molar-refractivity contribution in [2.45, 2.75) is 19.1 Å². The number of carbonyl (C=O) groups is 2. The summed E-state index contributed by atoms with van der Waals surface area (Å²) in [6, 6.07) is -0.213. The molecule has 0 bridgehead atoms. The number of aromatic nitrogens is 2. The number of carbonyl (C=O) groups excluding carboxylic acids is 1. The second-order valence-corrected chi connectivity index (χ2v) is 4.42. The lowest BCUT2D eigenvalue weighted by molar-refractivity contribution is 0.0691. The van der Waals surface area contributed by atoms with Crippen LogP contribution in [0.3, 0.4) is 0 Å². The lowest BCUT2D eigenvalue weighted by Crippen LogP contribution is -2.40. The van der Waals surface area contributed by atoms with E-state index < -0.39 is 12.1 Å². The fraction of sp³-hybridized carbons (Fsp3) is 0.545. The molecule has 0 radical (unpaired) electrons. The summed E-state index contributed by atoms with van der Waals surface area (Å²) in [5.41, 5.74) is -0.0195. The molecule has 19 heavy (non-hydrogen) atoms. The highest BCUT2D eigenvalue weighted by Gasteiger charge is 2.23. The number of imidazole rings is 1. The maximum absolute atomic E-state index is 11.7. The zero-order valence-electron chi connectivity index (χ0n) is 10.3. The number of carboxylic acids is 1. The van der Waals surface area contributed by atoms with E-state index in [0.29, 0.717) is 32.6 Å². The van der Waals surface area contributed by atoms with Gasteiger partial charge < -0.3 is 25.0 Å². The fourth-order valence-corrected chi connectivity index (χ4v) is 1.92. The molecule has 2 rings (SSSR count). The average Bonchev–Trinajstić information content (AvgIpc) is 2.98. The van der Waals surface area contributed by atoms with Crippen molar-refractivity contribution in [2.24, 2.45) is 0 Å². The number of β-amino-alcohol motifs (C(OH)–C–C–N with tert-alkyl or cyclic N) is 1. The molecule has 1 atom stereocenters. The summed E-state index contributed by atoms with van der Waals surface area (Å²) in [4.78, 5) is 27.6. The molecule has 0 saturated carbocycles. The molecule has 1 unspecified atom stereocenters. The van der Waals surface area contributed by atoms with Crippen LogP contribution in [-0.2, 0) is 6.54 Å². The van der Waals surface area contributed by atoms with Crippen LogP contribution in [0.2, 0.25) is 0 Å². The number of likely N-dealkylation sites (tertiary alicyclic amines) is 1. The number of hydrogen-bond acceptors (Lipinski definition) is 4. The first-order chi connectivity index (χ1) is 9.06. The topological polar surface area (TPSA) is 108 Å². The summed E-state index contributed by atoms with van der Waals surface area (Å²) < 4.78 is 1.60. The second-order valence-electron chi connectivity index (χ2n) is 4.42. The highest BCUT2D eigenvalue weighted by Crippen LogP contribution is 2.08. The van der Waals surface area contributed by atoms with Crippen LogP contribution in [0.4, 0.5) is 4.79 Å². The van der Waals surface area contributed by atoms with Crippen molar-refractivity contribution < 1.29 is 19.8 Å².